The molecule has 0 aliphatic carbocycles. The van der Waals surface area contributed by atoms with Gasteiger partial charge in [0.25, 0.3) is 5.91 Å². The second-order valence-corrected chi connectivity index (χ2v) is 8.98. The van der Waals surface area contributed by atoms with E-state index in [0.29, 0.717) is 26.1 Å². The van der Waals surface area contributed by atoms with Crippen LogP contribution in [0.4, 0.5) is 0 Å². The van der Waals surface area contributed by atoms with Crippen molar-refractivity contribution in [3.05, 3.63) is 23.8 Å². The molecule has 8 nitrogen and oxygen atoms in total. The van der Waals surface area contributed by atoms with Crippen molar-refractivity contribution >= 4 is 21.8 Å². The van der Waals surface area contributed by atoms with Crippen LogP contribution in [0.3, 0.4) is 0 Å². The molecule has 9 heteroatoms. The molecule has 148 valence electrons. The van der Waals surface area contributed by atoms with E-state index in [4.69, 9.17) is 10.5 Å². The number of hydrogen-bond acceptors (Lipinski definition) is 5. The van der Waals surface area contributed by atoms with Gasteiger partial charge < -0.3 is 15.4 Å². The number of nitrogens with zero attached hydrogens (tertiary/aromatic N) is 2. The van der Waals surface area contributed by atoms with Crippen LogP contribution in [0, 0.1) is 5.92 Å². The quantitative estimate of drug-likeness (QED) is 0.767. The first kappa shape index (κ1) is 19.6. The van der Waals surface area contributed by atoms with Gasteiger partial charge in [-0.05, 0) is 43.4 Å². The van der Waals surface area contributed by atoms with Crippen LogP contribution < -0.4 is 10.5 Å². The topological polar surface area (TPSA) is 110 Å². The van der Waals surface area contributed by atoms with Crippen molar-refractivity contribution in [3.63, 3.8) is 0 Å². The first-order valence-corrected chi connectivity index (χ1v) is 10.5. The van der Waals surface area contributed by atoms with E-state index in [0.717, 1.165) is 25.8 Å². The average molecular weight is 395 g/mol. The van der Waals surface area contributed by atoms with Crippen LogP contribution in [0.15, 0.2) is 23.1 Å². The fourth-order valence-electron chi connectivity index (χ4n) is 3.79. The third-order valence-corrected chi connectivity index (χ3v) is 7.07. The number of nitrogens with two attached hydrogens (primary N) is 1. The normalized spacial score (nSPS) is 21.4. The van der Waals surface area contributed by atoms with Gasteiger partial charge in [-0.1, -0.05) is 0 Å². The van der Waals surface area contributed by atoms with Crippen molar-refractivity contribution in [2.75, 3.05) is 33.3 Å². The van der Waals surface area contributed by atoms with Gasteiger partial charge in [0.15, 0.2) is 0 Å². The monoisotopic (exact) mass is 395 g/mol. The number of methoxy groups -OCH3 is 1. The van der Waals surface area contributed by atoms with Crippen molar-refractivity contribution in [1.29, 1.82) is 0 Å². The zero-order valence-corrected chi connectivity index (χ0v) is 16.2. The first-order valence-electron chi connectivity index (χ1n) is 9.08. The van der Waals surface area contributed by atoms with E-state index >= 15 is 0 Å². The lowest BCUT2D eigenvalue weighted by atomic mass is 9.99. The Balaban J connectivity index is 1.78. The minimum atomic E-state index is -3.76. The van der Waals surface area contributed by atoms with Gasteiger partial charge in [0.1, 0.15) is 5.75 Å². The maximum absolute atomic E-state index is 13.1. The Morgan fingerprint density at radius 2 is 2.07 bits per heavy atom. The molecule has 0 aromatic heterocycles. The molecule has 27 heavy (non-hydrogen) atoms. The lowest BCUT2D eigenvalue weighted by Gasteiger charge is -2.34. The number of likely N-dealkylation sites (tertiary alicyclic amines) is 1. The molecule has 3 rings (SSSR count). The second-order valence-electron chi connectivity index (χ2n) is 7.04. The number of primary amides is 1. The van der Waals surface area contributed by atoms with E-state index < -0.39 is 15.9 Å². The van der Waals surface area contributed by atoms with Gasteiger partial charge >= 0.3 is 0 Å². The summed E-state index contributed by atoms with van der Waals surface area (Å²) in [5.41, 5.74) is 5.38. The molecule has 2 N–H and O–H groups in total. The van der Waals surface area contributed by atoms with Crippen LogP contribution in [0.25, 0.3) is 0 Å². The molecule has 1 atom stereocenters. The summed E-state index contributed by atoms with van der Waals surface area (Å²) < 4.78 is 32.6. The minimum Gasteiger partial charge on any atom is -0.496 e. The summed E-state index contributed by atoms with van der Waals surface area (Å²) in [5, 5.41) is 0. The fraction of sp³-hybridized carbons (Fsp3) is 0.556. The highest BCUT2D eigenvalue weighted by molar-refractivity contribution is 7.89. The zero-order chi connectivity index (χ0) is 19.6. The molecule has 0 spiro atoms. The number of benzene rings is 1. The Hall–Kier alpha value is -2.13. The molecule has 2 aliphatic heterocycles. The van der Waals surface area contributed by atoms with Gasteiger partial charge in [0.05, 0.1) is 17.6 Å². The van der Waals surface area contributed by atoms with Gasteiger partial charge in [-0.25, -0.2) is 8.42 Å². The van der Waals surface area contributed by atoms with E-state index in [9.17, 15) is 18.0 Å². The molecule has 0 saturated carbocycles. The molecule has 1 aromatic carbocycles. The van der Waals surface area contributed by atoms with Crippen LogP contribution in [-0.4, -0.2) is 62.7 Å². The van der Waals surface area contributed by atoms with Crippen LogP contribution in [0.1, 0.15) is 36.0 Å². The molecule has 2 fully saturated rings. The smallest absolute Gasteiger partial charge is 0.252 e. The predicted molar refractivity (Wildman–Crippen MR) is 98.8 cm³/mol. The second kappa shape index (κ2) is 7.85. The highest BCUT2D eigenvalue weighted by atomic mass is 32.2. The van der Waals surface area contributed by atoms with Gasteiger partial charge in [0.2, 0.25) is 15.9 Å². The largest absolute Gasteiger partial charge is 0.496 e. The van der Waals surface area contributed by atoms with Crippen molar-refractivity contribution in [3.8, 4) is 5.75 Å². The van der Waals surface area contributed by atoms with Gasteiger partial charge in [-0.3, -0.25) is 9.59 Å². The number of rotatable bonds is 6. The molecular weight excluding hydrogens is 370 g/mol. The Bertz CT molecular complexity index is 839. The number of carbonyl (C=O) groups is 2. The van der Waals surface area contributed by atoms with E-state index in [1.807, 2.05) is 4.90 Å². The average Bonchev–Trinajstić information content (AvgIpc) is 3.06. The molecule has 2 heterocycles. The Labute approximate surface area is 159 Å². The zero-order valence-electron chi connectivity index (χ0n) is 15.4. The number of carbonyl (C=O) groups excluding carboxylic acids is 2. The molecule has 2 saturated heterocycles. The van der Waals surface area contributed by atoms with E-state index in [1.165, 1.54) is 29.6 Å². The summed E-state index contributed by atoms with van der Waals surface area (Å²) in [4.78, 5) is 25.3. The third-order valence-electron chi connectivity index (χ3n) is 5.21. The predicted octanol–water partition coefficient (Wildman–Crippen LogP) is 0.817. The molecule has 0 radical (unpaired) electrons. The Morgan fingerprint density at radius 1 is 1.30 bits per heavy atom. The number of piperidine rings is 1. The van der Waals surface area contributed by atoms with Crippen LogP contribution >= 0.6 is 0 Å². The standard InChI is InChI=1S/C18H25N3O5S/c1-26-16-7-6-14(10-15(16)18(19)23)27(24,25)21-9-2-4-13(12-21)11-20-8-3-5-17(20)22/h6-7,10,13H,2-5,8-9,11-12H2,1H3,(H2,19,23). The maximum atomic E-state index is 13.1. The van der Waals surface area contributed by atoms with Crippen LogP contribution in [-0.2, 0) is 14.8 Å². The Kier molecular flexibility index (Phi) is 5.71. The number of amides is 2. The van der Waals surface area contributed by atoms with Gasteiger partial charge in [0, 0.05) is 32.6 Å². The number of sulfonamides is 1. The van der Waals surface area contributed by atoms with E-state index in [2.05, 4.69) is 0 Å². The van der Waals surface area contributed by atoms with Gasteiger partial charge in [-0.15, -0.1) is 0 Å². The summed E-state index contributed by atoms with van der Waals surface area (Å²) in [7, 11) is -2.36. The first-order chi connectivity index (χ1) is 12.8. The van der Waals surface area contributed by atoms with E-state index in [-0.39, 0.29) is 28.0 Å². The van der Waals surface area contributed by atoms with Gasteiger partial charge in [-0.2, -0.15) is 4.31 Å². The van der Waals surface area contributed by atoms with Crippen molar-refractivity contribution in [1.82, 2.24) is 9.21 Å². The summed E-state index contributed by atoms with van der Waals surface area (Å²) in [6.07, 6.45) is 3.08. The third kappa shape index (κ3) is 4.08. The number of ether oxygens (including phenoxy) is 1. The Morgan fingerprint density at radius 3 is 2.70 bits per heavy atom. The maximum Gasteiger partial charge on any atom is 0.252 e. The van der Waals surface area contributed by atoms with Crippen LogP contribution in [0.2, 0.25) is 0 Å². The van der Waals surface area contributed by atoms with Crippen molar-refractivity contribution in [2.45, 2.75) is 30.6 Å². The fourth-order valence-corrected chi connectivity index (χ4v) is 5.37. The molecule has 0 bridgehead atoms. The summed E-state index contributed by atoms with van der Waals surface area (Å²) >= 11 is 0. The van der Waals surface area contributed by atoms with Crippen LogP contribution in [0.5, 0.6) is 5.75 Å². The summed E-state index contributed by atoms with van der Waals surface area (Å²) in [5.74, 6) is -0.237. The SMILES string of the molecule is COc1ccc(S(=O)(=O)N2CCCC(CN3CCCC3=O)C2)cc1C(N)=O. The summed E-state index contributed by atoms with van der Waals surface area (Å²) in [6.45, 7) is 2.14. The highest BCUT2D eigenvalue weighted by Gasteiger charge is 2.33. The lowest BCUT2D eigenvalue weighted by molar-refractivity contribution is -0.128. The van der Waals surface area contributed by atoms with Crippen molar-refractivity contribution < 1.29 is 22.7 Å². The molecule has 1 aromatic rings. The molecule has 1 unspecified atom stereocenters. The highest BCUT2D eigenvalue weighted by Crippen LogP contribution is 2.28. The lowest BCUT2D eigenvalue weighted by Crippen LogP contribution is -2.44. The van der Waals surface area contributed by atoms with E-state index in [1.54, 1.807) is 0 Å². The summed E-state index contributed by atoms with van der Waals surface area (Å²) in [6, 6.07) is 4.13. The molecule has 2 amide bonds. The molecular formula is C18H25N3O5S. The van der Waals surface area contributed by atoms with Crippen molar-refractivity contribution in [2.24, 2.45) is 11.7 Å². The molecule has 2 aliphatic rings. The number of hydrogen-bond donors (Lipinski definition) is 1. The minimum absolute atomic E-state index is 0.0231.